The summed E-state index contributed by atoms with van der Waals surface area (Å²) in [6, 6.07) is 0. The Morgan fingerprint density at radius 3 is 2.31 bits per heavy atom. The first kappa shape index (κ1) is 12.7. The number of aromatic amines is 1. The highest BCUT2D eigenvalue weighted by Gasteiger charge is 2.27. The zero-order valence-electron chi connectivity index (χ0n) is 10.0. The Morgan fingerprint density at radius 1 is 1.38 bits per heavy atom. The van der Waals surface area contributed by atoms with Crippen molar-refractivity contribution in [3.63, 3.8) is 0 Å². The normalized spacial score (nSPS) is 11.8. The van der Waals surface area contributed by atoms with Crippen LogP contribution in [0.3, 0.4) is 0 Å². The molecule has 0 saturated carbocycles. The smallest absolute Gasteiger partial charge is 0.257 e. The van der Waals surface area contributed by atoms with Crippen molar-refractivity contribution >= 4 is 0 Å². The molecule has 1 aromatic heterocycles. The fourth-order valence-electron chi connectivity index (χ4n) is 1.63. The highest BCUT2D eigenvalue weighted by Crippen LogP contribution is 2.23. The number of nitrogens with zero attached hydrogens (tertiary/aromatic N) is 1. The third kappa shape index (κ3) is 2.09. The Labute approximate surface area is 94.7 Å². The van der Waals surface area contributed by atoms with E-state index in [0.29, 0.717) is 30.7 Å². The molecule has 1 heterocycles. The lowest BCUT2D eigenvalue weighted by Gasteiger charge is -2.25. The number of hydrogen-bond acceptors (Lipinski definition) is 4. The van der Waals surface area contributed by atoms with Crippen LogP contribution in [0.15, 0.2) is 4.79 Å². The summed E-state index contributed by atoms with van der Waals surface area (Å²) in [6.07, 6.45) is 1.75. The lowest BCUT2D eigenvalue weighted by molar-refractivity contribution is 0.369. The number of nitrogens with one attached hydrogen (secondary N) is 1. The molecule has 1 aromatic rings. The van der Waals surface area contributed by atoms with Crippen molar-refractivity contribution < 1.29 is 5.11 Å². The van der Waals surface area contributed by atoms with Crippen molar-refractivity contribution in [1.29, 1.82) is 0 Å². The van der Waals surface area contributed by atoms with E-state index in [1.165, 1.54) is 0 Å². The van der Waals surface area contributed by atoms with E-state index < -0.39 is 5.54 Å². The Morgan fingerprint density at radius 2 is 1.94 bits per heavy atom. The first-order chi connectivity index (χ1) is 7.48. The molecule has 0 amide bonds. The highest BCUT2D eigenvalue weighted by atomic mass is 16.3. The highest BCUT2D eigenvalue weighted by molar-refractivity contribution is 5.24. The second-order valence-electron chi connectivity index (χ2n) is 3.93. The molecule has 0 radical (unpaired) electrons. The average molecular weight is 225 g/mol. The minimum absolute atomic E-state index is 0.210. The van der Waals surface area contributed by atoms with Crippen LogP contribution in [0.2, 0.25) is 0 Å². The second kappa shape index (κ2) is 4.65. The van der Waals surface area contributed by atoms with Crippen molar-refractivity contribution in [1.82, 2.24) is 9.97 Å². The molecular weight excluding hydrogens is 206 g/mol. The summed E-state index contributed by atoms with van der Waals surface area (Å²) in [5.41, 5.74) is 5.43. The van der Waals surface area contributed by atoms with Gasteiger partial charge in [0.15, 0.2) is 0 Å². The zero-order chi connectivity index (χ0) is 12.3. The summed E-state index contributed by atoms with van der Waals surface area (Å²) in [4.78, 5) is 18.3. The topological polar surface area (TPSA) is 92.0 Å². The van der Waals surface area contributed by atoms with Crippen LogP contribution in [0.5, 0.6) is 5.88 Å². The van der Waals surface area contributed by atoms with Crippen LogP contribution < -0.4 is 11.3 Å². The average Bonchev–Trinajstić information content (AvgIpc) is 2.27. The number of rotatable bonds is 4. The summed E-state index contributed by atoms with van der Waals surface area (Å²) >= 11 is 0. The molecule has 16 heavy (non-hydrogen) atoms. The molecule has 4 N–H and O–H groups in total. The van der Waals surface area contributed by atoms with Crippen LogP contribution in [0.25, 0.3) is 0 Å². The molecule has 5 heteroatoms. The quantitative estimate of drug-likeness (QED) is 0.713. The van der Waals surface area contributed by atoms with Crippen LogP contribution in [-0.2, 0) is 12.0 Å². The summed E-state index contributed by atoms with van der Waals surface area (Å²) in [6.45, 7) is 5.64. The first-order valence-corrected chi connectivity index (χ1v) is 5.60. The maximum absolute atomic E-state index is 11.7. The van der Waals surface area contributed by atoms with Gasteiger partial charge in [-0.05, 0) is 19.3 Å². The third-order valence-corrected chi connectivity index (χ3v) is 3.08. The lowest BCUT2D eigenvalue weighted by atomic mass is 9.93. The number of H-pyrrole nitrogens is 1. The molecule has 0 aromatic carbocycles. The van der Waals surface area contributed by atoms with E-state index in [1.54, 1.807) is 6.92 Å². The molecule has 0 fully saturated rings. The maximum atomic E-state index is 11.7. The van der Waals surface area contributed by atoms with Gasteiger partial charge in [0, 0.05) is 0 Å². The van der Waals surface area contributed by atoms with Crippen molar-refractivity contribution in [2.24, 2.45) is 5.73 Å². The molecule has 0 saturated heterocycles. The number of aromatic hydroxyl groups is 1. The van der Waals surface area contributed by atoms with Gasteiger partial charge in [-0.2, -0.15) is 4.98 Å². The number of aromatic nitrogens is 2. The molecule has 0 atom stereocenters. The minimum atomic E-state index is -0.678. The van der Waals surface area contributed by atoms with Gasteiger partial charge < -0.3 is 15.8 Å². The molecule has 0 spiro atoms. The fraction of sp³-hybridized carbons (Fsp3) is 0.636. The summed E-state index contributed by atoms with van der Waals surface area (Å²) in [5, 5.41) is 9.64. The Balaban J connectivity index is 3.33. The monoisotopic (exact) mass is 225 g/mol. The Bertz CT molecular complexity index is 422. The molecule has 0 aliphatic heterocycles. The molecular formula is C11H19N3O2. The summed E-state index contributed by atoms with van der Waals surface area (Å²) in [7, 11) is 0. The molecule has 0 aliphatic carbocycles. The van der Waals surface area contributed by atoms with Gasteiger partial charge in [-0.1, -0.05) is 20.8 Å². The molecule has 5 nitrogen and oxygen atoms in total. The van der Waals surface area contributed by atoms with E-state index in [9.17, 15) is 9.90 Å². The van der Waals surface area contributed by atoms with Crippen molar-refractivity contribution in [2.45, 2.75) is 45.6 Å². The van der Waals surface area contributed by atoms with E-state index in [1.807, 2.05) is 13.8 Å². The molecule has 0 aliphatic rings. The van der Waals surface area contributed by atoms with Gasteiger partial charge in [-0.15, -0.1) is 0 Å². The molecule has 90 valence electrons. The predicted octanol–water partition coefficient (Wildman–Crippen LogP) is 1.01. The van der Waals surface area contributed by atoms with Gasteiger partial charge in [0.2, 0.25) is 5.88 Å². The first-order valence-electron chi connectivity index (χ1n) is 5.60. The van der Waals surface area contributed by atoms with Crippen molar-refractivity contribution in [3.8, 4) is 5.88 Å². The van der Waals surface area contributed by atoms with Gasteiger partial charge in [-0.25, -0.2) is 0 Å². The predicted molar refractivity (Wildman–Crippen MR) is 62.3 cm³/mol. The van der Waals surface area contributed by atoms with E-state index in [4.69, 9.17) is 5.73 Å². The van der Waals surface area contributed by atoms with E-state index >= 15 is 0 Å². The SMILES string of the molecule is CCc1c(O)nc(C(N)(CC)CC)[nH]c1=O. The van der Waals surface area contributed by atoms with E-state index in [0.717, 1.165) is 0 Å². The van der Waals surface area contributed by atoms with Gasteiger partial charge >= 0.3 is 0 Å². The lowest BCUT2D eigenvalue weighted by Crippen LogP contribution is -2.39. The van der Waals surface area contributed by atoms with Gasteiger partial charge in [0.1, 0.15) is 5.82 Å². The van der Waals surface area contributed by atoms with Gasteiger partial charge in [0.05, 0.1) is 11.1 Å². The largest absolute Gasteiger partial charge is 0.493 e. The molecule has 0 bridgehead atoms. The summed E-state index contributed by atoms with van der Waals surface area (Å²) < 4.78 is 0. The van der Waals surface area contributed by atoms with Crippen LogP contribution in [0.4, 0.5) is 0 Å². The second-order valence-corrected chi connectivity index (χ2v) is 3.93. The zero-order valence-corrected chi connectivity index (χ0v) is 10.0. The fourth-order valence-corrected chi connectivity index (χ4v) is 1.63. The molecule has 0 unspecified atom stereocenters. The van der Waals surface area contributed by atoms with Crippen molar-refractivity contribution in [3.05, 3.63) is 21.7 Å². The van der Waals surface area contributed by atoms with Crippen LogP contribution in [0.1, 0.15) is 45.0 Å². The third-order valence-electron chi connectivity index (χ3n) is 3.08. The van der Waals surface area contributed by atoms with Gasteiger partial charge in [-0.3, -0.25) is 4.79 Å². The number of hydrogen-bond donors (Lipinski definition) is 3. The van der Waals surface area contributed by atoms with Gasteiger partial charge in [0.25, 0.3) is 5.56 Å². The van der Waals surface area contributed by atoms with Crippen LogP contribution >= 0.6 is 0 Å². The maximum Gasteiger partial charge on any atom is 0.257 e. The Hall–Kier alpha value is -1.36. The summed E-state index contributed by atoms with van der Waals surface area (Å²) in [5.74, 6) is 0.148. The standard InChI is InChI=1S/C11H19N3O2/c1-4-7-8(15)13-10(14-9(7)16)11(12,5-2)6-3/h4-6,12H2,1-3H3,(H2,13,14,15,16). The minimum Gasteiger partial charge on any atom is -0.493 e. The molecule has 1 rings (SSSR count). The van der Waals surface area contributed by atoms with E-state index in [-0.39, 0.29) is 11.4 Å². The van der Waals surface area contributed by atoms with Crippen LogP contribution in [0, 0.1) is 0 Å². The van der Waals surface area contributed by atoms with Crippen LogP contribution in [-0.4, -0.2) is 15.1 Å². The Kier molecular flexibility index (Phi) is 3.70. The van der Waals surface area contributed by atoms with E-state index in [2.05, 4.69) is 9.97 Å². The number of nitrogens with two attached hydrogens (primary N) is 1. The van der Waals surface area contributed by atoms with Crippen molar-refractivity contribution in [2.75, 3.05) is 0 Å².